The molecule has 0 aromatic rings. The van der Waals surface area contributed by atoms with Gasteiger partial charge >= 0.3 is 17.9 Å². The van der Waals surface area contributed by atoms with E-state index >= 15 is 0 Å². The molecule has 3 fully saturated rings. The predicted octanol–water partition coefficient (Wildman–Crippen LogP) is 2.13. The normalized spacial score (nSPS) is 43.5. The lowest BCUT2D eigenvalue weighted by atomic mass is 9.41. The average Bonchev–Trinajstić information content (AvgIpc) is 2.68. The van der Waals surface area contributed by atoms with Crippen LogP contribution in [0.3, 0.4) is 0 Å². The van der Waals surface area contributed by atoms with Gasteiger partial charge in [-0.25, -0.2) is 4.79 Å². The molecule has 8 heteroatoms. The van der Waals surface area contributed by atoms with Crippen LogP contribution < -0.4 is 0 Å². The van der Waals surface area contributed by atoms with Gasteiger partial charge in [0.1, 0.15) is 5.41 Å². The van der Waals surface area contributed by atoms with E-state index in [2.05, 4.69) is 0 Å². The van der Waals surface area contributed by atoms with E-state index < -0.39 is 58.6 Å². The first-order valence-corrected chi connectivity index (χ1v) is 10.8. The Morgan fingerprint density at radius 2 is 1.84 bits per heavy atom. The zero-order valence-electron chi connectivity index (χ0n) is 18.7. The highest BCUT2D eigenvalue weighted by atomic mass is 16.5. The Labute approximate surface area is 182 Å². The number of aliphatic hydroxyl groups is 1. The predicted molar refractivity (Wildman–Crippen MR) is 109 cm³/mol. The highest BCUT2D eigenvalue weighted by Gasteiger charge is 2.69. The Balaban J connectivity index is 2.17. The number of aliphatic carboxylic acids is 1. The minimum Gasteiger partial charge on any atom is -0.478 e. The van der Waals surface area contributed by atoms with E-state index in [1.807, 2.05) is 13.8 Å². The number of esters is 2. The third kappa shape index (κ3) is 3.49. The van der Waals surface area contributed by atoms with Crippen LogP contribution in [0, 0.1) is 34.5 Å². The molecule has 0 spiro atoms. The van der Waals surface area contributed by atoms with Gasteiger partial charge in [-0.2, -0.15) is 0 Å². The molecule has 172 valence electrons. The quantitative estimate of drug-likeness (QED) is 0.509. The molecule has 3 aliphatic rings. The maximum atomic E-state index is 13.9. The van der Waals surface area contributed by atoms with Crippen molar-refractivity contribution in [3.63, 3.8) is 0 Å². The molecule has 0 bridgehead atoms. The van der Waals surface area contributed by atoms with Crippen molar-refractivity contribution in [2.45, 2.75) is 65.6 Å². The van der Waals surface area contributed by atoms with Crippen LogP contribution in [0.1, 0.15) is 53.4 Å². The summed E-state index contributed by atoms with van der Waals surface area (Å²) in [5, 5.41) is 20.1. The maximum Gasteiger partial charge on any atom is 0.328 e. The number of carboxylic acid groups (broad SMARTS) is 1. The molecule has 8 nitrogen and oxygen atoms in total. The maximum absolute atomic E-state index is 13.9. The first-order chi connectivity index (χ1) is 14.4. The Morgan fingerprint density at radius 3 is 2.39 bits per heavy atom. The zero-order chi connectivity index (χ0) is 23.3. The highest BCUT2D eigenvalue weighted by Crippen LogP contribution is 2.64. The Hall–Kier alpha value is -2.22. The molecule has 0 aromatic carbocycles. The topological polar surface area (TPSA) is 127 Å². The van der Waals surface area contributed by atoms with Gasteiger partial charge in [-0.3, -0.25) is 14.4 Å². The summed E-state index contributed by atoms with van der Waals surface area (Å²) in [6, 6.07) is 0. The van der Waals surface area contributed by atoms with Gasteiger partial charge in [0.2, 0.25) is 0 Å². The summed E-state index contributed by atoms with van der Waals surface area (Å²) in [4.78, 5) is 50.0. The van der Waals surface area contributed by atoms with Crippen molar-refractivity contribution < 1.29 is 38.9 Å². The number of carbonyl (C=O) groups excluding carboxylic acids is 3. The van der Waals surface area contributed by atoms with Crippen LogP contribution >= 0.6 is 0 Å². The van der Waals surface area contributed by atoms with Crippen molar-refractivity contribution in [1.82, 2.24) is 0 Å². The standard InChI is InChI=1S/C23H32O8/c1-11-13(10-16(26)27)6-7-14-17(11)19(31-12(2)24)18(28)20-22(14,3)9-8-15(25)23(20,4)21(29)30-5/h10-11,14-15,17,19-20,25H,6-9H2,1-5H3,(H,26,27)/b13-10+/t11-,14-,15-,17-,19+,20+,22+,23-/m0/s1. The molecule has 3 saturated carbocycles. The van der Waals surface area contributed by atoms with E-state index in [1.165, 1.54) is 20.1 Å². The smallest absolute Gasteiger partial charge is 0.328 e. The summed E-state index contributed by atoms with van der Waals surface area (Å²) >= 11 is 0. The van der Waals surface area contributed by atoms with Crippen molar-refractivity contribution in [2.75, 3.05) is 7.11 Å². The van der Waals surface area contributed by atoms with Crippen molar-refractivity contribution in [3.05, 3.63) is 11.6 Å². The van der Waals surface area contributed by atoms with E-state index in [1.54, 1.807) is 6.92 Å². The fraction of sp³-hybridized carbons (Fsp3) is 0.739. The third-order valence-electron chi connectivity index (χ3n) is 8.27. The Morgan fingerprint density at radius 1 is 1.19 bits per heavy atom. The fourth-order valence-electron chi connectivity index (χ4n) is 6.88. The molecule has 0 heterocycles. The second-order valence-corrected chi connectivity index (χ2v) is 9.77. The van der Waals surface area contributed by atoms with Crippen LogP contribution in [0.2, 0.25) is 0 Å². The zero-order valence-corrected chi connectivity index (χ0v) is 18.7. The van der Waals surface area contributed by atoms with Gasteiger partial charge in [-0.15, -0.1) is 0 Å². The van der Waals surface area contributed by atoms with Gasteiger partial charge in [-0.1, -0.05) is 19.4 Å². The summed E-state index contributed by atoms with van der Waals surface area (Å²) in [5.41, 5.74) is -1.36. The number of carboxylic acids is 1. The lowest BCUT2D eigenvalue weighted by Crippen LogP contribution is -2.68. The van der Waals surface area contributed by atoms with Gasteiger partial charge in [-0.05, 0) is 49.9 Å². The average molecular weight is 437 g/mol. The lowest BCUT2D eigenvalue weighted by Gasteiger charge is -2.62. The van der Waals surface area contributed by atoms with Crippen LogP contribution in [0.4, 0.5) is 0 Å². The Kier molecular flexibility index (Phi) is 6.08. The minimum absolute atomic E-state index is 0.0861. The number of methoxy groups -OCH3 is 1. The molecule has 0 radical (unpaired) electrons. The first kappa shape index (κ1) is 23.4. The molecule has 3 rings (SSSR count). The second-order valence-electron chi connectivity index (χ2n) is 9.77. The van der Waals surface area contributed by atoms with Crippen molar-refractivity contribution in [2.24, 2.45) is 34.5 Å². The number of aliphatic hydroxyl groups excluding tert-OH is 1. The molecule has 0 aliphatic heterocycles. The number of allylic oxidation sites excluding steroid dienone is 1. The van der Waals surface area contributed by atoms with Crippen LogP contribution in [-0.4, -0.2) is 53.2 Å². The largest absolute Gasteiger partial charge is 0.478 e. The molecular formula is C23H32O8. The van der Waals surface area contributed by atoms with E-state index in [4.69, 9.17) is 9.47 Å². The van der Waals surface area contributed by atoms with Gasteiger partial charge in [0.15, 0.2) is 11.9 Å². The number of Topliss-reactive ketones (excluding diaryl/α,β-unsaturated/α-hetero) is 1. The molecule has 0 unspecified atom stereocenters. The number of ether oxygens (including phenoxy) is 2. The third-order valence-corrected chi connectivity index (χ3v) is 8.27. The summed E-state index contributed by atoms with van der Waals surface area (Å²) in [7, 11) is 1.23. The van der Waals surface area contributed by atoms with Crippen LogP contribution in [0.15, 0.2) is 11.6 Å². The molecule has 0 aromatic heterocycles. The molecular weight excluding hydrogens is 404 g/mol. The lowest BCUT2D eigenvalue weighted by molar-refractivity contribution is -0.213. The molecule has 3 aliphatic carbocycles. The van der Waals surface area contributed by atoms with Gasteiger partial charge in [0.05, 0.1) is 13.2 Å². The van der Waals surface area contributed by atoms with Crippen molar-refractivity contribution in [3.8, 4) is 0 Å². The number of hydrogen-bond donors (Lipinski definition) is 2. The molecule has 0 saturated heterocycles. The highest BCUT2D eigenvalue weighted by molar-refractivity contribution is 5.95. The van der Waals surface area contributed by atoms with Gasteiger partial charge in [0, 0.05) is 24.8 Å². The van der Waals surface area contributed by atoms with Crippen LogP contribution in [0.25, 0.3) is 0 Å². The van der Waals surface area contributed by atoms with Crippen LogP contribution in [0.5, 0.6) is 0 Å². The molecule has 8 atom stereocenters. The Bertz CT molecular complexity index is 831. The van der Waals surface area contributed by atoms with Crippen LogP contribution in [-0.2, 0) is 28.7 Å². The number of fused-ring (bicyclic) bond motifs is 3. The van der Waals surface area contributed by atoms with Crippen molar-refractivity contribution >= 4 is 23.7 Å². The van der Waals surface area contributed by atoms with E-state index in [9.17, 15) is 29.4 Å². The summed E-state index contributed by atoms with van der Waals surface area (Å²) in [5.74, 6) is -4.34. The summed E-state index contributed by atoms with van der Waals surface area (Å²) in [6.07, 6.45) is 1.07. The van der Waals surface area contributed by atoms with Crippen molar-refractivity contribution in [1.29, 1.82) is 0 Å². The summed E-state index contributed by atoms with van der Waals surface area (Å²) in [6.45, 7) is 6.64. The van der Waals surface area contributed by atoms with E-state index in [-0.39, 0.29) is 11.8 Å². The number of ketones is 1. The van der Waals surface area contributed by atoms with E-state index in [0.29, 0.717) is 31.3 Å². The monoisotopic (exact) mass is 436 g/mol. The first-order valence-electron chi connectivity index (χ1n) is 10.8. The molecule has 2 N–H and O–H groups in total. The minimum atomic E-state index is -1.46. The second kappa shape index (κ2) is 8.04. The van der Waals surface area contributed by atoms with Gasteiger partial charge < -0.3 is 19.7 Å². The SMILES string of the molecule is COC(=O)[C@]1(C)[C@@H]2C(=O)[C@H](OC(C)=O)[C@H]3[C@@H](C)/C(=C/C(=O)O)CC[C@@H]3[C@@]2(C)CC[C@@H]1O. The molecule has 31 heavy (non-hydrogen) atoms. The van der Waals surface area contributed by atoms with Gasteiger partial charge in [0.25, 0.3) is 0 Å². The number of carbonyl (C=O) groups is 4. The number of hydrogen-bond acceptors (Lipinski definition) is 7. The fourth-order valence-corrected chi connectivity index (χ4v) is 6.88. The molecule has 0 amide bonds. The summed E-state index contributed by atoms with van der Waals surface area (Å²) < 4.78 is 10.5. The number of rotatable bonds is 3. The van der Waals surface area contributed by atoms with E-state index in [0.717, 1.165) is 0 Å².